The van der Waals surface area contributed by atoms with Crippen LogP contribution in [-0.2, 0) is 0 Å². The van der Waals surface area contributed by atoms with Gasteiger partial charge in [-0.1, -0.05) is 30.6 Å². The van der Waals surface area contributed by atoms with Crippen LogP contribution in [0.5, 0.6) is 0 Å². The zero-order valence-electron chi connectivity index (χ0n) is 10.5. The van der Waals surface area contributed by atoms with E-state index in [1.807, 2.05) is 0 Å². The van der Waals surface area contributed by atoms with Gasteiger partial charge in [-0.05, 0) is 18.9 Å². The summed E-state index contributed by atoms with van der Waals surface area (Å²) in [7, 11) is 0. The molecule has 1 aliphatic carbocycles. The number of nitrogens with one attached hydrogen (secondary N) is 1. The maximum absolute atomic E-state index is 12.0. The first-order chi connectivity index (χ1) is 9.08. The highest BCUT2D eigenvalue weighted by Crippen LogP contribution is 2.24. The average Bonchev–Trinajstić information content (AvgIpc) is 2.78. The standard InChI is InChI=1S/C12H17N3O3S/c13-8-4-2-1-3-5-9(8)14-12(16)10-6-7-11(19-10)15(17)18/h6-9H,1-5,13H2,(H,14,16). The van der Waals surface area contributed by atoms with Crippen LogP contribution in [0.4, 0.5) is 5.00 Å². The Kier molecular flexibility index (Phi) is 4.49. The van der Waals surface area contributed by atoms with Crippen molar-refractivity contribution in [1.29, 1.82) is 0 Å². The van der Waals surface area contributed by atoms with E-state index < -0.39 is 4.92 Å². The molecule has 0 radical (unpaired) electrons. The minimum absolute atomic E-state index is 0.0182. The van der Waals surface area contributed by atoms with Crippen LogP contribution >= 0.6 is 11.3 Å². The molecule has 3 N–H and O–H groups in total. The second-order valence-corrected chi connectivity index (χ2v) is 5.84. The van der Waals surface area contributed by atoms with Gasteiger partial charge in [0.25, 0.3) is 5.91 Å². The van der Waals surface area contributed by atoms with Crippen LogP contribution in [0.25, 0.3) is 0 Å². The molecule has 19 heavy (non-hydrogen) atoms. The maximum atomic E-state index is 12.0. The fourth-order valence-electron chi connectivity index (χ4n) is 2.30. The van der Waals surface area contributed by atoms with Crippen molar-refractivity contribution in [2.45, 2.75) is 44.2 Å². The van der Waals surface area contributed by atoms with Gasteiger partial charge in [0.1, 0.15) is 0 Å². The van der Waals surface area contributed by atoms with E-state index >= 15 is 0 Å². The highest BCUT2D eigenvalue weighted by molar-refractivity contribution is 7.17. The Bertz CT molecular complexity index is 475. The summed E-state index contributed by atoms with van der Waals surface area (Å²) in [6, 6.07) is 2.78. The molecular weight excluding hydrogens is 266 g/mol. The summed E-state index contributed by atoms with van der Waals surface area (Å²) >= 11 is 0.892. The van der Waals surface area contributed by atoms with Gasteiger partial charge in [0.05, 0.1) is 9.80 Å². The van der Waals surface area contributed by atoms with E-state index in [-0.39, 0.29) is 23.0 Å². The number of carbonyl (C=O) groups is 1. The van der Waals surface area contributed by atoms with Crippen LogP contribution in [-0.4, -0.2) is 22.9 Å². The van der Waals surface area contributed by atoms with Crippen molar-refractivity contribution in [2.24, 2.45) is 5.73 Å². The van der Waals surface area contributed by atoms with E-state index in [2.05, 4.69) is 5.32 Å². The number of nitrogens with zero attached hydrogens (tertiary/aromatic N) is 1. The highest BCUT2D eigenvalue weighted by Gasteiger charge is 2.24. The van der Waals surface area contributed by atoms with Crippen molar-refractivity contribution < 1.29 is 9.72 Å². The molecule has 1 aliphatic rings. The predicted molar refractivity (Wildman–Crippen MR) is 73.3 cm³/mol. The Labute approximate surface area is 115 Å². The van der Waals surface area contributed by atoms with Gasteiger partial charge < -0.3 is 11.1 Å². The number of amides is 1. The minimum Gasteiger partial charge on any atom is -0.347 e. The van der Waals surface area contributed by atoms with Crippen LogP contribution in [0.3, 0.4) is 0 Å². The summed E-state index contributed by atoms with van der Waals surface area (Å²) < 4.78 is 0. The molecule has 6 nitrogen and oxygen atoms in total. The SMILES string of the molecule is NC1CCCCCC1NC(=O)c1ccc([N+](=O)[O-])s1. The number of nitro groups is 1. The topological polar surface area (TPSA) is 98.3 Å². The number of hydrogen-bond acceptors (Lipinski definition) is 5. The van der Waals surface area contributed by atoms with Crippen molar-refractivity contribution in [3.63, 3.8) is 0 Å². The van der Waals surface area contributed by atoms with E-state index in [1.54, 1.807) is 0 Å². The van der Waals surface area contributed by atoms with Crippen molar-refractivity contribution >= 4 is 22.2 Å². The lowest BCUT2D eigenvalue weighted by Crippen LogP contribution is -2.46. The minimum atomic E-state index is -0.487. The average molecular weight is 283 g/mol. The molecule has 2 atom stereocenters. The van der Waals surface area contributed by atoms with Crippen molar-refractivity contribution in [3.8, 4) is 0 Å². The van der Waals surface area contributed by atoms with Crippen LogP contribution in [0.2, 0.25) is 0 Å². The van der Waals surface area contributed by atoms with Gasteiger partial charge in [-0.3, -0.25) is 14.9 Å². The third kappa shape index (κ3) is 3.51. The number of thiophene rings is 1. The van der Waals surface area contributed by atoms with E-state index in [4.69, 9.17) is 5.73 Å². The number of carbonyl (C=O) groups excluding carboxylic acids is 1. The Morgan fingerprint density at radius 2 is 2.11 bits per heavy atom. The van der Waals surface area contributed by atoms with Crippen LogP contribution in [0.1, 0.15) is 41.8 Å². The molecule has 2 unspecified atom stereocenters. The Morgan fingerprint density at radius 3 is 2.79 bits per heavy atom. The Hall–Kier alpha value is -1.47. The molecule has 1 aromatic rings. The highest BCUT2D eigenvalue weighted by atomic mass is 32.1. The molecule has 1 aromatic heterocycles. The lowest BCUT2D eigenvalue weighted by molar-refractivity contribution is -0.380. The zero-order valence-corrected chi connectivity index (χ0v) is 11.3. The molecule has 1 heterocycles. The molecule has 2 rings (SSSR count). The van der Waals surface area contributed by atoms with E-state index in [9.17, 15) is 14.9 Å². The number of rotatable bonds is 3. The van der Waals surface area contributed by atoms with E-state index in [0.717, 1.165) is 43.4 Å². The van der Waals surface area contributed by atoms with Gasteiger partial charge in [0.2, 0.25) is 0 Å². The second-order valence-electron chi connectivity index (χ2n) is 4.78. The quantitative estimate of drug-likeness (QED) is 0.504. The van der Waals surface area contributed by atoms with Gasteiger partial charge in [0.15, 0.2) is 0 Å². The van der Waals surface area contributed by atoms with Gasteiger partial charge >= 0.3 is 5.00 Å². The lowest BCUT2D eigenvalue weighted by atomic mass is 10.0. The van der Waals surface area contributed by atoms with Crippen LogP contribution in [0, 0.1) is 10.1 Å². The third-order valence-electron chi connectivity index (χ3n) is 3.38. The van der Waals surface area contributed by atoms with Gasteiger partial charge in [-0.15, -0.1) is 0 Å². The molecule has 7 heteroatoms. The fraction of sp³-hybridized carbons (Fsp3) is 0.583. The lowest BCUT2D eigenvalue weighted by Gasteiger charge is -2.22. The molecule has 1 fully saturated rings. The predicted octanol–water partition coefficient (Wildman–Crippen LogP) is 2.05. The molecule has 0 bridgehead atoms. The largest absolute Gasteiger partial charge is 0.347 e. The van der Waals surface area contributed by atoms with Crippen molar-refractivity contribution in [2.75, 3.05) is 0 Å². The summed E-state index contributed by atoms with van der Waals surface area (Å²) in [6.07, 6.45) is 5.09. The monoisotopic (exact) mass is 283 g/mol. The van der Waals surface area contributed by atoms with Gasteiger partial charge in [-0.2, -0.15) is 0 Å². The molecule has 0 aromatic carbocycles. The Balaban J connectivity index is 2.00. The van der Waals surface area contributed by atoms with Gasteiger partial charge in [0, 0.05) is 18.2 Å². The summed E-state index contributed by atoms with van der Waals surface area (Å²) in [5.41, 5.74) is 6.04. The number of nitrogens with two attached hydrogens (primary N) is 1. The molecule has 104 valence electrons. The van der Waals surface area contributed by atoms with Crippen molar-refractivity contribution in [3.05, 3.63) is 27.1 Å². The van der Waals surface area contributed by atoms with Crippen LogP contribution in [0.15, 0.2) is 12.1 Å². The first kappa shape index (κ1) is 14.0. The summed E-state index contributed by atoms with van der Waals surface area (Å²) in [5, 5.41) is 13.5. The van der Waals surface area contributed by atoms with Gasteiger partial charge in [-0.25, -0.2) is 0 Å². The first-order valence-corrected chi connectivity index (χ1v) is 7.20. The van der Waals surface area contributed by atoms with Crippen molar-refractivity contribution in [1.82, 2.24) is 5.32 Å². The first-order valence-electron chi connectivity index (χ1n) is 6.38. The third-order valence-corrected chi connectivity index (χ3v) is 4.42. The molecule has 0 saturated heterocycles. The van der Waals surface area contributed by atoms with Crippen LogP contribution < -0.4 is 11.1 Å². The smallest absolute Gasteiger partial charge is 0.324 e. The molecule has 1 amide bonds. The fourth-order valence-corrected chi connectivity index (χ4v) is 3.03. The summed E-state index contributed by atoms with van der Waals surface area (Å²) in [5.74, 6) is -0.263. The summed E-state index contributed by atoms with van der Waals surface area (Å²) in [6.45, 7) is 0. The zero-order chi connectivity index (χ0) is 13.8. The molecular formula is C12H17N3O3S. The van der Waals surface area contributed by atoms with E-state index in [1.165, 1.54) is 12.1 Å². The maximum Gasteiger partial charge on any atom is 0.324 e. The molecule has 0 spiro atoms. The Morgan fingerprint density at radius 1 is 1.37 bits per heavy atom. The number of hydrogen-bond donors (Lipinski definition) is 2. The molecule has 1 saturated carbocycles. The summed E-state index contributed by atoms with van der Waals surface area (Å²) in [4.78, 5) is 22.5. The second kappa shape index (κ2) is 6.12. The normalized spacial score (nSPS) is 23.6. The van der Waals surface area contributed by atoms with E-state index in [0.29, 0.717) is 4.88 Å². The molecule has 0 aliphatic heterocycles.